The molecule has 0 aliphatic carbocycles. The lowest BCUT2D eigenvalue weighted by Gasteiger charge is -2.08. The summed E-state index contributed by atoms with van der Waals surface area (Å²) in [4.78, 5) is 10.3. The molecule has 0 amide bonds. The van der Waals surface area contributed by atoms with Crippen LogP contribution in [-0.2, 0) is 6.61 Å². The van der Waals surface area contributed by atoms with E-state index in [4.69, 9.17) is 16.3 Å². The van der Waals surface area contributed by atoms with Gasteiger partial charge in [-0.1, -0.05) is 17.7 Å². The fourth-order valence-corrected chi connectivity index (χ4v) is 2.15. The number of ether oxygens (including phenoxy) is 1. The normalized spacial score (nSPS) is 10.3. The van der Waals surface area contributed by atoms with E-state index in [-0.39, 0.29) is 17.3 Å². The zero-order valence-corrected chi connectivity index (χ0v) is 12.3. The zero-order chi connectivity index (χ0) is 14.7. The number of nitrogens with zero attached hydrogens (tertiary/aromatic N) is 1. The second kappa shape index (κ2) is 6.19. The minimum Gasteiger partial charge on any atom is -0.487 e. The Morgan fingerprint density at radius 2 is 2.05 bits per heavy atom. The van der Waals surface area contributed by atoms with E-state index in [1.165, 1.54) is 18.2 Å². The number of hydrogen-bond donors (Lipinski definition) is 0. The first-order valence-corrected chi connectivity index (χ1v) is 6.65. The lowest BCUT2D eigenvalue weighted by Crippen LogP contribution is -1.98. The van der Waals surface area contributed by atoms with Gasteiger partial charge in [0.15, 0.2) is 0 Å². The van der Waals surface area contributed by atoms with Crippen LogP contribution in [0.4, 0.5) is 10.1 Å². The first-order valence-electron chi connectivity index (χ1n) is 5.48. The fourth-order valence-electron chi connectivity index (χ4n) is 1.54. The summed E-state index contributed by atoms with van der Waals surface area (Å²) < 4.78 is 18.7. The van der Waals surface area contributed by atoms with Crippen LogP contribution in [0.1, 0.15) is 5.56 Å². The average Bonchev–Trinajstić information content (AvgIpc) is 2.39. The molecule has 0 heterocycles. The fraction of sp³-hybridized carbons (Fsp3) is 0.0769. The number of nitro groups is 1. The number of benzene rings is 2. The lowest BCUT2D eigenvalue weighted by molar-refractivity contribution is -0.385. The quantitative estimate of drug-likeness (QED) is 0.585. The van der Waals surface area contributed by atoms with E-state index in [0.717, 1.165) is 6.07 Å². The number of rotatable bonds is 4. The van der Waals surface area contributed by atoms with Gasteiger partial charge in [0.2, 0.25) is 0 Å². The van der Waals surface area contributed by atoms with E-state index in [0.29, 0.717) is 15.8 Å². The Balaban J connectivity index is 2.15. The summed E-state index contributed by atoms with van der Waals surface area (Å²) in [5, 5.41) is 11.0. The minimum atomic E-state index is -0.488. The highest BCUT2D eigenvalue weighted by molar-refractivity contribution is 9.10. The molecule has 0 radical (unpaired) electrons. The maximum atomic E-state index is 12.9. The van der Waals surface area contributed by atoms with Crippen molar-refractivity contribution in [2.45, 2.75) is 6.61 Å². The van der Waals surface area contributed by atoms with Gasteiger partial charge in [0.1, 0.15) is 18.2 Å². The third-order valence-electron chi connectivity index (χ3n) is 2.50. The minimum absolute atomic E-state index is 0.0451. The zero-order valence-electron chi connectivity index (χ0n) is 9.98. The Morgan fingerprint density at radius 1 is 1.30 bits per heavy atom. The van der Waals surface area contributed by atoms with Gasteiger partial charge in [-0.05, 0) is 45.8 Å². The highest BCUT2D eigenvalue weighted by atomic mass is 79.9. The third-order valence-corrected chi connectivity index (χ3v) is 3.46. The molecule has 20 heavy (non-hydrogen) atoms. The predicted octanol–water partition coefficient (Wildman–Crippen LogP) is 4.73. The third kappa shape index (κ3) is 3.46. The maximum absolute atomic E-state index is 12.9. The molecule has 4 nitrogen and oxygen atoms in total. The summed E-state index contributed by atoms with van der Waals surface area (Å²) in [6.07, 6.45) is 0. The van der Waals surface area contributed by atoms with Crippen molar-refractivity contribution in [2.24, 2.45) is 0 Å². The SMILES string of the molecule is O=[N+]([O-])c1cc(COc2ccc(F)cc2Cl)ccc1Br. The molecule has 0 N–H and O–H groups in total. The lowest BCUT2D eigenvalue weighted by atomic mass is 10.2. The van der Waals surface area contributed by atoms with E-state index < -0.39 is 10.7 Å². The molecule has 2 rings (SSSR count). The second-order valence-corrected chi connectivity index (χ2v) is 5.17. The molecule has 2 aromatic rings. The monoisotopic (exact) mass is 359 g/mol. The molecular formula is C13H8BrClFNO3. The summed E-state index contributed by atoms with van der Waals surface area (Å²) in [5.41, 5.74) is 0.566. The summed E-state index contributed by atoms with van der Waals surface area (Å²) in [6.45, 7) is 0.0967. The molecule has 0 unspecified atom stereocenters. The van der Waals surface area contributed by atoms with Gasteiger partial charge in [-0.2, -0.15) is 0 Å². The number of nitro benzene ring substituents is 1. The highest BCUT2D eigenvalue weighted by Crippen LogP contribution is 2.28. The molecular weight excluding hydrogens is 353 g/mol. The van der Waals surface area contributed by atoms with Crippen LogP contribution >= 0.6 is 27.5 Å². The van der Waals surface area contributed by atoms with E-state index >= 15 is 0 Å². The molecule has 0 bridgehead atoms. The van der Waals surface area contributed by atoms with Gasteiger partial charge >= 0.3 is 0 Å². The molecule has 7 heteroatoms. The van der Waals surface area contributed by atoms with Crippen molar-refractivity contribution in [3.63, 3.8) is 0 Å². The second-order valence-electron chi connectivity index (χ2n) is 3.91. The average molecular weight is 361 g/mol. The van der Waals surface area contributed by atoms with Crippen LogP contribution < -0.4 is 4.74 Å². The summed E-state index contributed by atoms with van der Waals surface area (Å²) in [5.74, 6) is -0.139. The van der Waals surface area contributed by atoms with Crippen molar-refractivity contribution < 1.29 is 14.1 Å². The van der Waals surface area contributed by atoms with E-state index in [1.54, 1.807) is 12.1 Å². The molecule has 0 saturated heterocycles. The van der Waals surface area contributed by atoms with Crippen LogP contribution in [0.5, 0.6) is 5.75 Å². The Morgan fingerprint density at radius 3 is 2.70 bits per heavy atom. The first kappa shape index (κ1) is 14.7. The van der Waals surface area contributed by atoms with Gasteiger partial charge in [0.25, 0.3) is 5.69 Å². The summed E-state index contributed by atoms with van der Waals surface area (Å²) in [7, 11) is 0. The Bertz CT molecular complexity index is 666. The maximum Gasteiger partial charge on any atom is 0.283 e. The van der Waals surface area contributed by atoms with Crippen LogP contribution in [0.15, 0.2) is 40.9 Å². The largest absolute Gasteiger partial charge is 0.487 e. The molecule has 104 valence electrons. The molecule has 0 atom stereocenters. The van der Waals surface area contributed by atoms with Gasteiger partial charge in [0, 0.05) is 6.07 Å². The van der Waals surface area contributed by atoms with Crippen LogP contribution in [0.3, 0.4) is 0 Å². The standard InChI is InChI=1S/C13H8BrClFNO3/c14-10-3-1-8(5-12(10)17(18)19)7-20-13-4-2-9(16)6-11(13)15/h1-6H,7H2. The van der Waals surface area contributed by atoms with Gasteiger partial charge in [-0.3, -0.25) is 10.1 Å². The van der Waals surface area contributed by atoms with Gasteiger partial charge in [-0.15, -0.1) is 0 Å². The number of hydrogen-bond acceptors (Lipinski definition) is 3. The van der Waals surface area contributed by atoms with Crippen LogP contribution in [0, 0.1) is 15.9 Å². The van der Waals surface area contributed by atoms with Gasteiger partial charge in [0.05, 0.1) is 14.4 Å². The van der Waals surface area contributed by atoms with Crippen molar-refractivity contribution in [3.05, 3.63) is 67.4 Å². The highest BCUT2D eigenvalue weighted by Gasteiger charge is 2.13. The smallest absolute Gasteiger partial charge is 0.283 e. The Kier molecular flexibility index (Phi) is 4.57. The van der Waals surface area contributed by atoms with Gasteiger partial charge in [-0.25, -0.2) is 4.39 Å². The topological polar surface area (TPSA) is 52.4 Å². The molecule has 0 fully saturated rings. The van der Waals surface area contributed by atoms with Crippen molar-refractivity contribution in [1.29, 1.82) is 0 Å². The predicted molar refractivity (Wildman–Crippen MR) is 76.5 cm³/mol. The van der Waals surface area contributed by atoms with Crippen LogP contribution in [0.25, 0.3) is 0 Å². The van der Waals surface area contributed by atoms with Crippen LogP contribution in [-0.4, -0.2) is 4.92 Å². The van der Waals surface area contributed by atoms with Gasteiger partial charge < -0.3 is 4.74 Å². The Labute approximate surface area is 127 Å². The molecule has 0 spiro atoms. The summed E-state index contributed by atoms with van der Waals surface area (Å²) >= 11 is 8.92. The van der Waals surface area contributed by atoms with Crippen molar-refractivity contribution >= 4 is 33.2 Å². The Hall–Kier alpha value is -1.66. The van der Waals surface area contributed by atoms with E-state index in [9.17, 15) is 14.5 Å². The van der Waals surface area contributed by atoms with E-state index in [2.05, 4.69) is 15.9 Å². The molecule has 0 saturated carbocycles. The molecule has 0 aromatic heterocycles. The van der Waals surface area contributed by atoms with Crippen LogP contribution in [0.2, 0.25) is 5.02 Å². The molecule has 0 aliphatic rings. The molecule has 0 aliphatic heterocycles. The van der Waals surface area contributed by atoms with Crippen molar-refractivity contribution in [3.8, 4) is 5.75 Å². The first-order chi connectivity index (χ1) is 9.47. The van der Waals surface area contributed by atoms with Crippen molar-refractivity contribution in [1.82, 2.24) is 0 Å². The number of halogens is 3. The molecule has 2 aromatic carbocycles. The summed E-state index contributed by atoms with van der Waals surface area (Å²) in [6, 6.07) is 8.44. The van der Waals surface area contributed by atoms with E-state index in [1.807, 2.05) is 0 Å². The van der Waals surface area contributed by atoms with Crippen molar-refractivity contribution in [2.75, 3.05) is 0 Å².